The van der Waals surface area contributed by atoms with Crippen LogP contribution in [0.2, 0.25) is 0 Å². The number of pyridine rings is 1. The van der Waals surface area contributed by atoms with Gasteiger partial charge in [0.05, 0.1) is 13.7 Å². The number of benzene rings is 1. The molecule has 0 amide bonds. The zero-order chi connectivity index (χ0) is 13.0. The molecule has 0 aliphatic carbocycles. The molecule has 2 rings (SSSR count). The van der Waals surface area contributed by atoms with Gasteiger partial charge < -0.3 is 14.6 Å². The Labute approximate surface area is 106 Å². The lowest BCUT2D eigenvalue weighted by Gasteiger charge is -2.08. The van der Waals surface area contributed by atoms with Crippen molar-refractivity contribution in [1.82, 2.24) is 4.98 Å². The van der Waals surface area contributed by atoms with E-state index in [9.17, 15) is 0 Å². The van der Waals surface area contributed by atoms with Crippen molar-refractivity contribution in [1.29, 1.82) is 0 Å². The molecule has 0 aliphatic heterocycles. The third kappa shape index (κ3) is 2.99. The van der Waals surface area contributed by atoms with Crippen LogP contribution in [0.1, 0.15) is 11.3 Å². The minimum Gasteiger partial charge on any atom is -0.497 e. The molecule has 2 aromatic rings. The summed E-state index contributed by atoms with van der Waals surface area (Å²) in [5, 5.41) is 9.12. The fourth-order valence-corrected chi connectivity index (χ4v) is 1.62. The molecule has 0 fully saturated rings. The number of aryl methyl sites for hydroxylation is 1. The van der Waals surface area contributed by atoms with E-state index in [2.05, 4.69) is 4.98 Å². The van der Waals surface area contributed by atoms with Crippen LogP contribution in [0.4, 0.5) is 0 Å². The summed E-state index contributed by atoms with van der Waals surface area (Å²) in [7, 11) is 1.62. The van der Waals surface area contributed by atoms with Gasteiger partial charge in [0.25, 0.3) is 0 Å². The summed E-state index contributed by atoms with van der Waals surface area (Å²) in [6, 6.07) is 10.8. The standard InChI is InChI=1S/C14H15NO3/c1-10-7-11(9-16)8-14(15-10)18-13-5-3-12(17-2)4-6-13/h3-8,16H,9H2,1-2H3. The molecule has 4 nitrogen and oxygen atoms in total. The van der Waals surface area contributed by atoms with Crippen molar-refractivity contribution in [2.45, 2.75) is 13.5 Å². The summed E-state index contributed by atoms with van der Waals surface area (Å²) in [6.07, 6.45) is 0. The van der Waals surface area contributed by atoms with Gasteiger partial charge >= 0.3 is 0 Å². The second-order valence-electron chi connectivity index (χ2n) is 3.89. The van der Waals surface area contributed by atoms with E-state index < -0.39 is 0 Å². The van der Waals surface area contributed by atoms with E-state index in [1.165, 1.54) is 0 Å². The van der Waals surface area contributed by atoms with E-state index in [1.807, 2.05) is 37.3 Å². The molecule has 0 atom stereocenters. The van der Waals surface area contributed by atoms with E-state index in [4.69, 9.17) is 14.6 Å². The lowest BCUT2D eigenvalue weighted by atomic mass is 10.2. The van der Waals surface area contributed by atoms with Crippen LogP contribution < -0.4 is 9.47 Å². The van der Waals surface area contributed by atoms with Crippen molar-refractivity contribution >= 4 is 0 Å². The average Bonchev–Trinajstić information content (AvgIpc) is 2.39. The predicted octanol–water partition coefficient (Wildman–Crippen LogP) is 2.68. The maximum absolute atomic E-state index is 9.12. The van der Waals surface area contributed by atoms with Crippen LogP contribution in [0, 0.1) is 6.92 Å². The zero-order valence-corrected chi connectivity index (χ0v) is 10.4. The monoisotopic (exact) mass is 245 g/mol. The van der Waals surface area contributed by atoms with Gasteiger partial charge in [-0.1, -0.05) is 0 Å². The summed E-state index contributed by atoms with van der Waals surface area (Å²) in [6.45, 7) is 1.84. The molecule has 0 bridgehead atoms. The molecule has 0 unspecified atom stereocenters. The van der Waals surface area contributed by atoms with E-state index in [1.54, 1.807) is 13.2 Å². The Morgan fingerprint density at radius 2 is 1.78 bits per heavy atom. The minimum atomic E-state index is -0.0255. The number of ether oxygens (including phenoxy) is 2. The molecule has 1 aromatic heterocycles. The fourth-order valence-electron chi connectivity index (χ4n) is 1.62. The maximum atomic E-state index is 9.12. The van der Waals surface area contributed by atoms with Gasteiger partial charge in [-0.05, 0) is 42.8 Å². The van der Waals surface area contributed by atoms with Gasteiger partial charge in [-0.3, -0.25) is 0 Å². The number of aliphatic hydroxyl groups is 1. The van der Waals surface area contributed by atoms with E-state index in [0.717, 1.165) is 17.0 Å². The minimum absolute atomic E-state index is 0.0255. The zero-order valence-electron chi connectivity index (χ0n) is 10.4. The van der Waals surface area contributed by atoms with E-state index in [-0.39, 0.29) is 6.61 Å². The Bertz CT molecular complexity index is 523. The second-order valence-corrected chi connectivity index (χ2v) is 3.89. The molecular weight excluding hydrogens is 230 g/mol. The quantitative estimate of drug-likeness (QED) is 0.899. The number of hydrogen-bond donors (Lipinski definition) is 1. The number of aliphatic hydroxyl groups excluding tert-OH is 1. The van der Waals surface area contributed by atoms with Gasteiger partial charge in [-0.15, -0.1) is 0 Å². The Kier molecular flexibility index (Phi) is 3.79. The third-order valence-electron chi connectivity index (χ3n) is 2.45. The molecule has 4 heteroatoms. The molecule has 0 spiro atoms. The summed E-state index contributed by atoms with van der Waals surface area (Å²) < 4.78 is 10.7. The number of rotatable bonds is 4. The Hall–Kier alpha value is -2.07. The number of methoxy groups -OCH3 is 1. The molecule has 1 N–H and O–H groups in total. The van der Waals surface area contributed by atoms with Crippen LogP contribution in [0.15, 0.2) is 36.4 Å². The van der Waals surface area contributed by atoms with E-state index in [0.29, 0.717) is 11.6 Å². The molecule has 1 heterocycles. The topological polar surface area (TPSA) is 51.6 Å². The molecule has 0 saturated heterocycles. The van der Waals surface area contributed by atoms with Gasteiger partial charge in [0, 0.05) is 11.8 Å². The highest BCUT2D eigenvalue weighted by molar-refractivity contribution is 5.34. The highest BCUT2D eigenvalue weighted by Gasteiger charge is 2.02. The first kappa shape index (κ1) is 12.4. The van der Waals surface area contributed by atoms with Crippen molar-refractivity contribution in [2.24, 2.45) is 0 Å². The normalized spacial score (nSPS) is 10.2. The highest BCUT2D eigenvalue weighted by atomic mass is 16.5. The van der Waals surface area contributed by atoms with Crippen molar-refractivity contribution in [2.75, 3.05) is 7.11 Å². The summed E-state index contributed by atoms with van der Waals surface area (Å²) in [5.74, 6) is 1.93. The first-order chi connectivity index (χ1) is 8.71. The molecule has 0 aliphatic rings. The summed E-state index contributed by atoms with van der Waals surface area (Å²) >= 11 is 0. The highest BCUT2D eigenvalue weighted by Crippen LogP contribution is 2.23. The lowest BCUT2D eigenvalue weighted by molar-refractivity contribution is 0.281. The average molecular weight is 245 g/mol. The SMILES string of the molecule is COc1ccc(Oc2cc(CO)cc(C)n2)cc1. The van der Waals surface area contributed by atoms with Gasteiger partial charge in [-0.2, -0.15) is 0 Å². The molecule has 0 saturated carbocycles. The molecule has 1 aromatic carbocycles. The smallest absolute Gasteiger partial charge is 0.219 e. The second kappa shape index (κ2) is 5.51. The Balaban J connectivity index is 2.19. The Morgan fingerprint density at radius 1 is 1.11 bits per heavy atom. The third-order valence-corrected chi connectivity index (χ3v) is 2.45. The summed E-state index contributed by atoms with van der Waals surface area (Å²) in [4.78, 5) is 4.26. The first-order valence-electron chi connectivity index (χ1n) is 5.61. The molecule has 0 radical (unpaired) electrons. The number of hydrogen-bond acceptors (Lipinski definition) is 4. The van der Waals surface area contributed by atoms with Crippen LogP contribution in [0.25, 0.3) is 0 Å². The van der Waals surface area contributed by atoms with Gasteiger partial charge in [-0.25, -0.2) is 4.98 Å². The summed E-state index contributed by atoms with van der Waals surface area (Å²) in [5.41, 5.74) is 1.59. The van der Waals surface area contributed by atoms with Gasteiger partial charge in [0.1, 0.15) is 11.5 Å². The molecule has 18 heavy (non-hydrogen) atoms. The van der Waals surface area contributed by atoms with Crippen molar-refractivity contribution in [3.05, 3.63) is 47.7 Å². The molecule has 94 valence electrons. The Morgan fingerprint density at radius 3 is 2.39 bits per heavy atom. The predicted molar refractivity (Wildman–Crippen MR) is 68.0 cm³/mol. The van der Waals surface area contributed by atoms with Crippen LogP contribution in [-0.4, -0.2) is 17.2 Å². The maximum Gasteiger partial charge on any atom is 0.219 e. The van der Waals surface area contributed by atoms with Crippen molar-refractivity contribution < 1.29 is 14.6 Å². The number of nitrogens with zero attached hydrogens (tertiary/aromatic N) is 1. The van der Waals surface area contributed by atoms with Crippen molar-refractivity contribution in [3.8, 4) is 17.4 Å². The van der Waals surface area contributed by atoms with Gasteiger partial charge in [0.15, 0.2) is 0 Å². The van der Waals surface area contributed by atoms with Crippen LogP contribution in [0.3, 0.4) is 0 Å². The van der Waals surface area contributed by atoms with E-state index >= 15 is 0 Å². The van der Waals surface area contributed by atoms with Crippen LogP contribution >= 0.6 is 0 Å². The van der Waals surface area contributed by atoms with Crippen molar-refractivity contribution in [3.63, 3.8) is 0 Å². The van der Waals surface area contributed by atoms with Gasteiger partial charge in [0.2, 0.25) is 5.88 Å². The largest absolute Gasteiger partial charge is 0.497 e. The van der Waals surface area contributed by atoms with Crippen LogP contribution in [-0.2, 0) is 6.61 Å². The van der Waals surface area contributed by atoms with Crippen LogP contribution in [0.5, 0.6) is 17.4 Å². The first-order valence-corrected chi connectivity index (χ1v) is 5.61. The molecular formula is C14H15NO3. The number of aromatic nitrogens is 1. The fraction of sp³-hybridized carbons (Fsp3) is 0.214. The lowest BCUT2D eigenvalue weighted by Crippen LogP contribution is -1.93.